The molecule has 2 aromatic carbocycles. The highest BCUT2D eigenvalue weighted by Crippen LogP contribution is 2.35. The number of benzene rings is 2. The largest absolute Gasteiger partial charge is 0.508 e. The third kappa shape index (κ3) is 4.46. The van der Waals surface area contributed by atoms with Crippen molar-refractivity contribution in [2.75, 3.05) is 7.05 Å². The lowest BCUT2D eigenvalue weighted by atomic mass is 9.87. The molecule has 1 aromatic heterocycles. The molecule has 34 heavy (non-hydrogen) atoms. The summed E-state index contributed by atoms with van der Waals surface area (Å²) in [5, 5.41) is 12.4. The van der Waals surface area contributed by atoms with Crippen LogP contribution in [0.5, 0.6) is 5.75 Å². The van der Waals surface area contributed by atoms with E-state index in [4.69, 9.17) is 9.73 Å². The number of aromatic nitrogens is 2. The molecule has 0 saturated carbocycles. The minimum atomic E-state index is -0.896. The lowest BCUT2D eigenvalue weighted by Gasteiger charge is -2.35. The second-order valence-electron chi connectivity index (χ2n) is 9.68. The molecule has 0 bridgehead atoms. The van der Waals surface area contributed by atoms with Crippen molar-refractivity contribution < 1.29 is 19.4 Å². The van der Waals surface area contributed by atoms with Crippen LogP contribution in [0.25, 0.3) is 16.7 Å². The van der Waals surface area contributed by atoms with E-state index >= 15 is 0 Å². The van der Waals surface area contributed by atoms with Crippen molar-refractivity contribution >= 4 is 29.0 Å². The molecule has 1 atom stereocenters. The number of nitrogens with zero attached hydrogens (tertiary/aromatic N) is 4. The van der Waals surface area contributed by atoms with Crippen molar-refractivity contribution in [3.05, 3.63) is 53.9 Å². The van der Waals surface area contributed by atoms with E-state index in [9.17, 15) is 14.7 Å². The number of phenols is 1. The molecule has 0 aliphatic carbocycles. The fraction of sp³-hybridized carbons (Fsp3) is 0.360. The maximum Gasteiger partial charge on any atom is 0.414 e. The van der Waals surface area contributed by atoms with Crippen LogP contribution < -0.4 is 5.32 Å². The number of carbonyl (C=O) groups is 2. The number of aliphatic imine (C=N–C) groups is 1. The van der Waals surface area contributed by atoms with Crippen molar-refractivity contribution in [1.29, 1.82) is 0 Å². The molecule has 3 aromatic rings. The van der Waals surface area contributed by atoms with E-state index in [-0.39, 0.29) is 24.0 Å². The molecule has 9 heteroatoms. The molecule has 1 aliphatic heterocycles. The molecule has 2 N–H and O–H groups in total. The van der Waals surface area contributed by atoms with Gasteiger partial charge < -0.3 is 9.84 Å². The first-order valence-corrected chi connectivity index (χ1v) is 11.0. The average Bonchev–Trinajstić information content (AvgIpc) is 3.05. The number of rotatable bonds is 2. The van der Waals surface area contributed by atoms with Gasteiger partial charge in [-0.2, -0.15) is 0 Å². The van der Waals surface area contributed by atoms with Gasteiger partial charge in [0, 0.05) is 18.8 Å². The Morgan fingerprint density at radius 1 is 1.21 bits per heavy atom. The number of hydrogen-bond acceptors (Lipinski definition) is 6. The van der Waals surface area contributed by atoms with E-state index in [0.717, 1.165) is 22.6 Å². The lowest BCUT2D eigenvalue weighted by Crippen LogP contribution is -2.52. The van der Waals surface area contributed by atoms with Gasteiger partial charge in [-0.1, -0.05) is 12.1 Å². The minimum absolute atomic E-state index is 0.137. The number of fused-ring (bicyclic) bond motifs is 1. The van der Waals surface area contributed by atoms with Crippen LogP contribution in [0.4, 0.5) is 4.79 Å². The van der Waals surface area contributed by atoms with Crippen LogP contribution in [0.1, 0.15) is 45.5 Å². The van der Waals surface area contributed by atoms with Gasteiger partial charge in [0.15, 0.2) is 0 Å². The quantitative estimate of drug-likeness (QED) is 0.597. The predicted octanol–water partition coefficient (Wildman–Crippen LogP) is 4.00. The molecule has 2 amide bonds. The number of phenolic OH excluding ortho intramolecular Hbond substituents is 1. The number of imidazole rings is 1. The molecule has 178 valence electrons. The van der Waals surface area contributed by atoms with E-state index < -0.39 is 17.2 Å². The smallest absolute Gasteiger partial charge is 0.414 e. The number of aryl methyl sites for hydroxylation is 1. The van der Waals surface area contributed by atoms with Crippen LogP contribution in [-0.4, -0.2) is 50.2 Å². The number of alkyl carbamates (subject to hydrolysis) is 1. The van der Waals surface area contributed by atoms with Gasteiger partial charge in [0.2, 0.25) is 11.9 Å². The van der Waals surface area contributed by atoms with Gasteiger partial charge in [-0.25, -0.2) is 14.8 Å². The Hall–Kier alpha value is -3.88. The van der Waals surface area contributed by atoms with Crippen LogP contribution in [0, 0.1) is 6.92 Å². The maximum absolute atomic E-state index is 12.8. The summed E-state index contributed by atoms with van der Waals surface area (Å²) in [5.74, 6) is 0.882. The number of amides is 2. The summed E-state index contributed by atoms with van der Waals surface area (Å²) >= 11 is 0. The Kier molecular flexibility index (Phi) is 5.59. The van der Waals surface area contributed by atoms with Crippen molar-refractivity contribution in [2.24, 2.45) is 4.99 Å². The monoisotopic (exact) mass is 463 g/mol. The van der Waals surface area contributed by atoms with Crippen molar-refractivity contribution in [1.82, 2.24) is 19.8 Å². The summed E-state index contributed by atoms with van der Waals surface area (Å²) in [4.78, 5) is 35.8. The first-order chi connectivity index (χ1) is 15.9. The first-order valence-electron chi connectivity index (χ1n) is 11.0. The van der Waals surface area contributed by atoms with E-state index in [1.807, 2.05) is 48.7 Å². The topological polar surface area (TPSA) is 109 Å². The van der Waals surface area contributed by atoms with Crippen molar-refractivity contribution in [2.45, 2.75) is 52.2 Å². The fourth-order valence-electron chi connectivity index (χ4n) is 4.05. The van der Waals surface area contributed by atoms with Gasteiger partial charge in [-0.15, -0.1) is 0 Å². The van der Waals surface area contributed by atoms with Crippen LogP contribution in [0.15, 0.2) is 47.5 Å². The second kappa shape index (κ2) is 8.16. The van der Waals surface area contributed by atoms with Crippen molar-refractivity contribution in [3.8, 4) is 11.4 Å². The number of nitrogens with one attached hydrogen (secondary N) is 1. The van der Waals surface area contributed by atoms with E-state index in [1.165, 1.54) is 4.90 Å². The van der Waals surface area contributed by atoms with Gasteiger partial charge in [-0.05, 0) is 64.4 Å². The molecule has 2 heterocycles. The Balaban J connectivity index is 1.74. The Morgan fingerprint density at radius 3 is 2.65 bits per heavy atom. The zero-order valence-electron chi connectivity index (χ0n) is 20.2. The maximum atomic E-state index is 12.8. The van der Waals surface area contributed by atoms with E-state index in [2.05, 4.69) is 10.3 Å². The highest BCUT2D eigenvalue weighted by atomic mass is 16.6. The van der Waals surface area contributed by atoms with E-state index in [0.29, 0.717) is 5.52 Å². The highest BCUT2D eigenvalue weighted by Gasteiger charge is 2.38. The zero-order valence-corrected chi connectivity index (χ0v) is 20.2. The van der Waals surface area contributed by atoms with Gasteiger partial charge in [0.05, 0.1) is 23.0 Å². The molecule has 4 rings (SSSR count). The molecule has 0 spiro atoms. The molecule has 0 unspecified atom stereocenters. The summed E-state index contributed by atoms with van der Waals surface area (Å²) in [6.07, 6.45) is -0.531. The van der Waals surface area contributed by atoms with Gasteiger partial charge >= 0.3 is 6.09 Å². The van der Waals surface area contributed by atoms with Crippen LogP contribution in [0.3, 0.4) is 0 Å². The summed E-state index contributed by atoms with van der Waals surface area (Å²) in [6.45, 7) is 9.06. The molecular weight excluding hydrogens is 434 g/mol. The van der Waals surface area contributed by atoms with Crippen molar-refractivity contribution in [3.63, 3.8) is 0 Å². The fourth-order valence-corrected chi connectivity index (χ4v) is 4.05. The minimum Gasteiger partial charge on any atom is -0.508 e. The van der Waals surface area contributed by atoms with Crippen LogP contribution in [0.2, 0.25) is 0 Å². The number of carbonyl (C=O) groups excluding carboxylic acids is 2. The normalized spacial score (nSPS) is 18.7. The molecular formula is C25H29N5O4. The summed E-state index contributed by atoms with van der Waals surface area (Å²) < 4.78 is 7.32. The van der Waals surface area contributed by atoms with Gasteiger partial charge in [0.25, 0.3) is 0 Å². The van der Waals surface area contributed by atoms with E-state index in [1.54, 1.807) is 40.0 Å². The Labute approximate surface area is 198 Å². The SMILES string of the molecule is Cc1nc2cc(O)ccc2n1-c1cccc([C@]2(C)CC(=O)N(C)C(NC(=O)OC(C)(C)C)=N2)c1. The standard InChI is InChI=1S/C25H29N5O4/c1-15-26-19-13-18(31)10-11-20(19)30(15)17-9-7-8-16(12-17)25(5)14-21(32)29(6)22(28-25)27-23(33)34-24(2,3)4/h7-13,31H,14H2,1-6H3,(H,27,28,33)/t25-/m0/s1. The zero-order chi connectivity index (χ0) is 24.8. The van der Waals surface area contributed by atoms with Gasteiger partial charge in [0.1, 0.15) is 17.2 Å². The molecule has 9 nitrogen and oxygen atoms in total. The molecule has 1 aliphatic rings. The summed E-state index contributed by atoms with van der Waals surface area (Å²) in [5.41, 5.74) is 1.63. The Bertz CT molecular complexity index is 1320. The predicted molar refractivity (Wildman–Crippen MR) is 129 cm³/mol. The highest BCUT2D eigenvalue weighted by molar-refractivity contribution is 6.05. The number of ether oxygens (including phenoxy) is 1. The number of hydrogen-bond donors (Lipinski definition) is 2. The third-order valence-corrected chi connectivity index (χ3v) is 5.68. The molecule has 0 saturated heterocycles. The van der Waals surface area contributed by atoms with Crippen LogP contribution in [-0.2, 0) is 15.1 Å². The summed E-state index contributed by atoms with van der Waals surface area (Å²) in [7, 11) is 1.57. The molecule has 0 fully saturated rings. The third-order valence-electron chi connectivity index (χ3n) is 5.68. The van der Waals surface area contributed by atoms with Gasteiger partial charge in [-0.3, -0.25) is 19.6 Å². The molecule has 0 radical (unpaired) electrons. The average molecular weight is 464 g/mol. The lowest BCUT2D eigenvalue weighted by molar-refractivity contribution is -0.128. The first kappa shape index (κ1) is 23.3. The Morgan fingerprint density at radius 2 is 1.94 bits per heavy atom. The second-order valence-corrected chi connectivity index (χ2v) is 9.68. The number of guanidine groups is 1. The number of aromatic hydroxyl groups is 1. The summed E-state index contributed by atoms with van der Waals surface area (Å²) in [6, 6.07) is 12.8. The van der Waals surface area contributed by atoms with Crippen LogP contribution >= 0.6 is 0 Å².